The van der Waals surface area contributed by atoms with Crippen molar-refractivity contribution in [2.24, 2.45) is 5.73 Å². The fourth-order valence-electron chi connectivity index (χ4n) is 0.384. The number of thiocarbonyl (C=S) groups is 1. The van der Waals surface area contributed by atoms with Crippen molar-refractivity contribution in [2.45, 2.75) is 0 Å². The molecule has 0 saturated heterocycles. The fourth-order valence-corrected chi connectivity index (χ4v) is 0.491. The van der Waals surface area contributed by atoms with Crippen LogP contribution in [0.15, 0.2) is 12.4 Å². The number of nitrogens with two attached hydrogens (primary N) is 1. The molecule has 0 radical (unpaired) electrons. The molecule has 8 heavy (non-hydrogen) atoms. The van der Waals surface area contributed by atoms with Crippen molar-refractivity contribution in [3.63, 3.8) is 0 Å². The van der Waals surface area contributed by atoms with E-state index in [0.29, 0.717) is 5.11 Å². The minimum absolute atomic E-state index is 0.297. The molecule has 0 aromatic rings. The molecule has 5 heteroatoms. The molecule has 1 aliphatic heterocycles. The molecule has 0 aliphatic carbocycles. The molecule has 0 saturated carbocycles. The highest BCUT2D eigenvalue weighted by Gasteiger charge is 2.02. The van der Waals surface area contributed by atoms with Gasteiger partial charge in [0.05, 0.1) is 0 Å². The van der Waals surface area contributed by atoms with Crippen molar-refractivity contribution in [1.29, 1.82) is 0 Å². The van der Waals surface area contributed by atoms with Crippen molar-refractivity contribution in [3.8, 4) is 0 Å². The number of nitrogens with zero attached hydrogens (tertiary/aromatic N) is 1. The lowest BCUT2D eigenvalue weighted by Crippen LogP contribution is -2.42. The predicted molar refractivity (Wildman–Crippen MR) is 34.0 cm³/mol. The quantitative estimate of drug-likeness (QED) is 0.368. The van der Waals surface area contributed by atoms with E-state index in [4.69, 9.17) is 5.73 Å². The molecule has 1 heterocycles. The lowest BCUT2D eigenvalue weighted by molar-refractivity contribution is 0.407. The van der Waals surface area contributed by atoms with Gasteiger partial charge in [-0.05, 0) is 12.2 Å². The molecule has 0 atom stereocenters. The van der Waals surface area contributed by atoms with E-state index in [9.17, 15) is 0 Å². The summed E-state index contributed by atoms with van der Waals surface area (Å²) in [5, 5.41) is 1.79. The number of rotatable bonds is 0. The van der Waals surface area contributed by atoms with Gasteiger partial charge in [0, 0.05) is 12.4 Å². The minimum Gasteiger partial charge on any atom is -0.375 e. The van der Waals surface area contributed by atoms with Crippen LogP contribution in [0.1, 0.15) is 0 Å². The van der Waals surface area contributed by atoms with Crippen LogP contribution in [-0.4, -0.2) is 10.1 Å². The summed E-state index contributed by atoms with van der Waals surface area (Å²) in [5.41, 5.74) is 10.5. The Balaban J connectivity index is 2.48. The molecular weight excluding hydrogens is 124 g/mol. The molecule has 0 bridgehead atoms. The Labute approximate surface area is 52.3 Å². The first kappa shape index (κ1) is 5.33. The third kappa shape index (κ3) is 0.877. The van der Waals surface area contributed by atoms with Crippen molar-refractivity contribution < 1.29 is 0 Å². The third-order valence-electron chi connectivity index (χ3n) is 0.729. The maximum absolute atomic E-state index is 5.20. The molecule has 0 amide bonds. The molecule has 4 N–H and O–H groups in total. The molecule has 0 unspecified atom stereocenters. The van der Waals surface area contributed by atoms with Crippen LogP contribution in [0.25, 0.3) is 0 Å². The van der Waals surface area contributed by atoms with Crippen LogP contribution in [0.5, 0.6) is 0 Å². The summed E-state index contributed by atoms with van der Waals surface area (Å²) in [6, 6.07) is 0. The molecule has 0 spiro atoms. The summed E-state index contributed by atoms with van der Waals surface area (Å²) >= 11 is 4.61. The van der Waals surface area contributed by atoms with Crippen LogP contribution in [0.2, 0.25) is 0 Å². The number of hydrogen-bond acceptors (Lipinski definition) is 3. The van der Waals surface area contributed by atoms with E-state index in [1.54, 1.807) is 12.4 Å². The van der Waals surface area contributed by atoms with Gasteiger partial charge >= 0.3 is 0 Å². The van der Waals surface area contributed by atoms with Crippen molar-refractivity contribution >= 4 is 17.3 Å². The molecule has 0 fully saturated rings. The Morgan fingerprint density at radius 3 is 2.75 bits per heavy atom. The summed E-state index contributed by atoms with van der Waals surface area (Å²) in [6.45, 7) is 0. The summed E-state index contributed by atoms with van der Waals surface area (Å²) in [7, 11) is 0. The first-order valence-corrected chi connectivity index (χ1v) is 2.48. The molecule has 0 aromatic heterocycles. The maximum Gasteiger partial charge on any atom is 0.186 e. The summed E-state index contributed by atoms with van der Waals surface area (Å²) in [4.78, 5) is 0. The van der Waals surface area contributed by atoms with Gasteiger partial charge in [0.2, 0.25) is 0 Å². The topological polar surface area (TPSA) is 53.3 Å². The van der Waals surface area contributed by atoms with Crippen LogP contribution in [0, 0.1) is 0 Å². The second kappa shape index (κ2) is 1.97. The van der Waals surface area contributed by atoms with Gasteiger partial charge in [0.1, 0.15) is 0 Å². The summed E-state index contributed by atoms with van der Waals surface area (Å²) < 4.78 is 0. The van der Waals surface area contributed by atoms with Crippen LogP contribution in [0.4, 0.5) is 0 Å². The van der Waals surface area contributed by atoms with Crippen LogP contribution in [-0.2, 0) is 0 Å². The minimum atomic E-state index is 0.297. The zero-order valence-corrected chi connectivity index (χ0v) is 4.90. The Bertz CT molecular complexity index is 131. The van der Waals surface area contributed by atoms with Crippen molar-refractivity contribution in [2.75, 3.05) is 0 Å². The Hall–Kier alpha value is -0.810. The summed E-state index contributed by atoms with van der Waals surface area (Å²) in [6.07, 6.45) is 3.39. The number of hydrazine groups is 2. The van der Waals surface area contributed by atoms with Gasteiger partial charge in [-0.2, -0.15) is 0 Å². The first-order chi connectivity index (χ1) is 3.80. The van der Waals surface area contributed by atoms with E-state index in [1.165, 1.54) is 5.01 Å². The molecule has 1 aliphatic rings. The zero-order valence-electron chi connectivity index (χ0n) is 4.09. The fraction of sp³-hybridized carbons (Fsp3) is 0. The maximum atomic E-state index is 5.20. The molecule has 0 aromatic carbocycles. The van der Waals surface area contributed by atoms with Gasteiger partial charge in [0.15, 0.2) is 5.11 Å². The van der Waals surface area contributed by atoms with E-state index >= 15 is 0 Å². The Morgan fingerprint density at radius 1 is 1.75 bits per heavy atom. The molecule has 44 valence electrons. The van der Waals surface area contributed by atoms with Gasteiger partial charge in [-0.1, -0.05) is 0 Å². The Morgan fingerprint density at radius 2 is 2.50 bits per heavy atom. The van der Waals surface area contributed by atoms with Gasteiger partial charge < -0.3 is 11.2 Å². The third-order valence-corrected chi connectivity index (χ3v) is 0.926. The van der Waals surface area contributed by atoms with E-state index < -0.39 is 0 Å². The first-order valence-electron chi connectivity index (χ1n) is 2.07. The van der Waals surface area contributed by atoms with Crippen LogP contribution < -0.4 is 16.7 Å². The zero-order chi connectivity index (χ0) is 5.98. The van der Waals surface area contributed by atoms with Crippen molar-refractivity contribution in [1.82, 2.24) is 16.0 Å². The number of hydrogen-bond donors (Lipinski definition) is 3. The average molecular weight is 130 g/mol. The van der Waals surface area contributed by atoms with Crippen LogP contribution >= 0.6 is 12.2 Å². The van der Waals surface area contributed by atoms with E-state index in [0.717, 1.165) is 0 Å². The average Bonchev–Trinajstić information content (AvgIpc) is 2.12. The summed E-state index contributed by atoms with van der Waals surface area (Å²) in [5.74, 6) is 0. The van der Waals surface area contributed by atoms with E-state index in [2.05, 4.69) is 23.2 Å². The van der Waals surface area contributed by atoms with E-state index in [-0.39, 0.29) is 0 Å². The SMILES string of the molecule is NC(=S)N1C=CNN1. The van der Waals surface area contributed by atoms with Crippen LogP contribution in [0.3, 0.4) is 0 Å². The standard InChI is InChI=1S/C3H6N4S/c4-3(8)7-2-1-5-6-7/h1-2,5-6H,(H2,4,8). The smallest absolute Gasteiger partial charge is 0.186 e. The van der Waals surface area contributed by atoms with Gasteiger partial charge in [0.25, 0.3) is 0 Å². The molecule has 4 nitrogen and oxygen atoms in total. The van der Waals surface area contributed by atoms with Gasteiger partial charge in [-0.25, -0.2) is 5.01 Å². The van der Waals surface area contributed by atoms with Crippen molar-refractivity contribution in [3.05, 3.63) is 12.4 Å². The molecular formula is C3H6N4S. The number of nitrogens with one attached hydrogen (secondary N) is 2. The monoisotopic (exact) mass is 130 g/mol. The van der Waals surface area contributed by atoms with Gasteiger partial charge in [-0.3, -0.25) is 0 Å². The lowest BCUT2D eigenvalue weighted by atomic mass is 10.9. The normalized spacial score (nSPS) is 16.2. The second-order valence-corrected chi connectivity index (χ2v) is 1.70. The van der Waals surface area contributed by atoms with E-state index in [1.807, 2.05) is 0 Å². The second-order valence-electron chi connectivity index (χ2n) is 1.28. The Kier molecular flexibility index (Phi) is 1.32. The largest absolute Gasteiger partial charge is 0.375 e. The lowest BCUT2D eigenvalue weighted by Gasteiger charge is -2.10. The molecule has 1 rings (SSSR count). The highest BCUT2D eigenvalue weighted by atomic mass is 32.1. The van der Waals surface area contributed by atoms with Gasteiger partial charge in [-0.15, -0.1) is 5.53 Å². The highest BCUT2D eigenvalue weighted by Crippen LogP contribution is 1.85. The predicted octanol–water partition coefficient (Wildman–Crippen LogP) is -0.974. The highest BCUT2D eigenvalue weighted by molar-refractivity contribution is 7.80.